The molecule has 0 bridgehead atoms. The van der Waals surface area contributed by atoms with Crippen molar-refractivity contribution in [2.75, 3.05) is 11.1 Å². The minimum atomic E-state index is -0.0992. The molecule has 0 spiro atoms. The summed E-state index contributed by atoms with van der Waals surface area (Å²) in [5, 5.41) is 3.51. The number of halogens is 1. The van der Waals surface area contributed by atoms with Crippen LogP contribution in [0.25, 0.3) is 0 Å². The quantitative estimate of drug-likeness (QED) is 0.844. The van der Waals surface area contributed by atoms with Crippen LogP contribution in [0.5, 0.6) is 0 Å². The Hall–Kier alpha value is -1.48. The molecule has 19 heavy (non-hydrogen) atoms. The predicted molar refractivity (Wildman–Crippen MR) is 79.3 cm³/mol. The molecule has 1 unspecified atom stereocenters. The zero-order chi connectivity index (χ0) is 13.2. The van der Waals surface area contributed by atoms with E-state index < -0.39 is 0 Å². The van der Waals surface area contributed by atoms with E-state index in [9.17, 15) is 4.39 Å². The van der Waals surface area contributed by atoms with Gasteiger partial charge in [-0.1, -0.05) is 29.8 Å². The zero-order valence-corrected chi connectivity index (χ0v) is 11.6. The van der Waals surface area contributed by atoms with Crippen LogP contribution in [-0.2, 0) is 0 Å². The Labute approximate surface area is 117 Å². The first-order valence-electron chi connectivity index (χ1n) is 6.48. The molecule has 0 radical (unpaired) electrons. The molecule has 1 atom stereocenters. The molecule has 1 N–H and O–H groups in total. The molecule has 2 aromatic rings. The number of nitrogens with one attached hydrogen (secondary N) is 1. The lowest BCUT2D eigenvalue weighted by Crippen LogP contribution is -2.16. The Morgan fingerprint density at radius 2 is 1.95 bits per heavy atom. The monoisotopic (exact) mass is 273 g/mol. The minimum absolute atomic E-state index is 0.0992. The summed E-state index contributed by atoms with van der Waals surface area (Å²) in [5.41, 5.74) is 3.42. The summed E-state index contributed by atoms with van der Waals surface area (Å²) in [7, 11) is 0. The highest BCUT2D eigenvalue weighted by Gasteiger charge is 2.22. The smallest absolute Gasteiger partial charge is 0.137 e. The standard InChI is InChI=1S/C16H16FNS/c1-11-5-7-12(8-6-11)18-15-9-10-19-16-13(15)3-2-4-14(16)17/h2-8,15,18H,9-10H2,1H3. The molecule has 1 aliphatic heterocycles. The van der Waals surface area contributed by atoms with Crippen LogP contribution in [0.1, 0.15) is 23.6 Å². The molecular weight excluding hydrogens is 257 g/mol. The topological polar surface area (TPSA) is 12.0 Å². The molecule has 0 saturated heterocycles. The molecule has 1 nitrogen and oxygen atoms in total. The van der Waals surface area contributed by atoms with Crippen LogP contribution in [0, 0.1) is 12.7 Å². The van der Waals surface area contributed by atoms with Crippen LogP contribution >= 0.6 is 11.8 Å². The number of aryl methyl sites for hydroxylation is 1. The number of hydrogen-bond acceptors (Lipinski definition) is 2. The number of hydrogen-bond donors (Lipinski definition) is 1. The van der Waals surface area contributed by atoms with Crippen molar-refractivity contribution in [2.45, 2.75) is 24.3 Å². The molecule has 0 aromatic heterocycles. The van der Waals surface area contributed by atoms with Gasteiger partial charge in [0.05, 0.1) is 6.04 Å². The molecule has 0 fully saturated rings. The Kier molecular flexibility index (Phi) is 3.47. The van der Waals surface area contributed by atoms with Gasteiger partial charge in [0.2, 0.25) is 0 Å². The Morgan fingerprint density at radius 1 is 1.16 bits per heavy atom. The third kappa shape index (κ3) is 2.61. The maximum atomic E-state index is 13.8. The summed E-state index contributed by atoms with van der Waals surface area (Å²) in [6.45, 7) is 2.08. The maximum absolute atomic E-state index is 13.8. The lowest BCUT2D eigenvalue weighted by molar-refractivity contribution is 0.585. The Bertz CT molecular complexity index is 580. The average Bonchev–Trinajstić information content (AvgIpc) is 2.43. The van der Waals surface area contributed by atoms with E-state index in [0.29, 0.717) is 0 Å². The largest absolute Gasteiger partial charge is 0.378 e. The van der Waals surface area contributed by atoms with E-state index in [0.717, 1.165) is 28.3 Å². The molecule has 1 heterocycles. The van der Waals surface area contributed by atoms with E-state index in [-0.39, 0.29) is 11.9 Å². The minimum Gasteiger partial charge on any atom is -0.378 e. The summed E-state index contributed by atoms with van der Waals surface area (Å²) in [5.74, 6) is 0.857. The second kappa shape index (κ2) is 5.25. The molecule has 0 saturated carbocycles. The van der Waals surface area contributed by atoms with Gasteiger partial charge in [0.1, 0.15) is 5.82 Å². The van der Waals surface area contributed by atoms with Crippen molar-refractivity contribution >= 4 is 17.4 Å². The van der Waals surface area contributed by atoms with Crippen molar-refractivity contribution in [1.29, 1.82) is 0 Å². The van der Waals surface area contributed by atoms with E-state index in [1.54, 1.807) is 23.9 Å². The van der Waals surface area contributed by atoms with Gasteiger partial charge in [0.25, 0.3) is 0 Å². The number of thioether (sulfide) groups is 1. The van der Waals surface area contributed by atoms with Crippen LogP contribution in [0.3, 0.4) is 0 Å². The van der Waals surface area contributed by atoms with Crippen molar-refractivity contribution in [1.82, 2.24) is 0 Å². The van der Waals surface area contributed by atoms with E-state index in [2.05, 4.69) is 36.5 Å². The van der Waals surface area contributed by atoms with E-state index in [4.69, 9.17) is 0 Å². The van der Waals surface area contributed by atoms with E-state index >= 15 is 0 Å². The van der Waals surface area contributed by atoms with Crippen LogP contribution in [0.15, 0.2) is 47.4 Å². The fourth-order valence-electron chi connectivity index (χ4n) is 2.39. The number of rotatable bonds is 2. The molecule has 1 aliphatic rings. The van der Waals surface area contributed by atoms with Crippen LogP contribution in [0.4, 0.5) is 10.1 Å². The van der Waals surface area contributed by atoms with Crippen molar-refractivity contribution in [2.24, 2.45) is 0 Å². The molecule has 2 aromatic carbocycles. The SMILES string of the molecule is Cc1ccc(NC2CCSc3c(F)cccc32)cc1. The van der Waals surface area contributed by atoms with Gasteiger partial charge in [-0.15, -0.1) is 11.8 Å². The van der Waals surface area contributed by atoms with Crippen molar-refractivity contribution in [3.8, 4) is 0 Å². The second-order valence-corrected chi connectivity index (χ2v) is 5.96. The second-order valence-electron chi connectivity index (χ2n) is 4.86. The molecule has 3 rings (SSSR count). The zero-order valence-electron chi connectivity index (χ0n) is 10.8. The lowest BCUT2D eigenvalue weighted by Gasteiger charge is -2.27. The van der Waals surface area contributed by atoms with Gasteiger partial charge in [-0.25, -0.2) is 4.39 Å². The van der Waals surface area contributed by atoms with Crippen LogP contribution in [-0.4, -0.2) is 5.75 Å². The Balaban J connectivity index is 1.88. The van der Waals surface area contributed by atoms with E-state index in [1.807, 2.05) is 6.07 Å². The summed E-state index contributed by atoms with van der Waals surface area (Å²) in [6.07, 6.45) is 1.02. The van der Waals surface area contributed by atoms with Gasteiger partial charge in [-0.2, -0.15) is 0 Å². The van der Waals surface area contributed by atoms with Gasteiger partial charge < -0.3 is 5.32 Å². The Morgan fingerprint density at radius 3 is 2.74 bits per heavy atom. The first-order chi connectivity index (χ1) is 9.24. The summed E-state index contributed by atoms with van der Waals surface area (Å²) >= 11 is 1.62. The van der Waals surface area contributed by atoms with Gasteiger partial charge >= 0.3 is 0 Å². The lowest BCUT2D eigenvalue weighted by atomic mass is 10.0. The normalized spacial score (nSPS) is 17.9. The number of fused-ring (bicyclic) bond motifs is 1. The van der Waals surface area contributed by atoms with Gasteiger partial charge in [-0.05, 0) is 37.1 Å². The van der Waals surface area contributed by atoms with Gasteiger partial charge in [0.15, 0.2) is 0 Å². The summed E-state index contributed by atoms with van der Waals surface area (Å²) < 4.78 is 13.8. The summed E-state index contributed by atoms with van der Waals surface area (Å²) in [4.78, 5) is 0.804. The number of anilines is 1. The molecule has 3 heteroatoms. The van der Waals surface area contributed by atoms with Gasteiger partial charge in [-0.3, -0.25) is 0 Å². The third-order valence-corrected chi connectivity index (χ3v) is 4.58. The molecule has 0 aliphatic carbocycles. The highest BCUT2D eigenvalue weighted by molar-refractivity contribution is 7.99. The molecule has 98 valence electrons. The van der Waals surface area contributed by atoms with Crippen LogP contribution < -0.4 is 5.32 Å². The fraction of sp³-hybridized carbons (Fsp3) is 0.250. The van der Waals surface area contributed by atoms with Crippen molar-refractivity contribution < 1.29 is 4.39 Å². The maximum Gasteiger partial charge on any atom is 0.137 e. The number of benzene rings is 2. The highest BCUT2D eigenvalue weighted by Crippen LogP contribution is 2.39. The first-order valence-corrected chi connectivity index (χ1v) is 7.47. The third-order valence-electron chi connectivity index (χ3n) is 3.42. The van der Waals surface area contributed by atoms with Crippen molar-refractivity contribution in [3.63, 3.8) is 0 Å². The first kappa shape index (κ1) is 12.5. The molecular formula is C16H16FNS. The highest BCUT2D eigenvalue weighted by atomic mass is 32.2. The van der Waals surface area contributed by atoms with E-state index in [1.165, 1.54) is 5.56 Å². The predicted octanol–water partition coefficient (Wildman–Crippen LogP) is 4.78. The average molecular weight is 273 g/mol. The molecule has 0 amide bonds. The van der Waals surface area contributed by atoms with Crippen LogP contribution in [0.2, 0.25) is 0 Å². The summed E-state index contributed by atoms with van der Waals surface area (Å²) in [6, 6.07) is 13.9. The van der Waals surface area contributed by atoms with Gasteiger partial charge in [0, 0.05) is 16.3 Å². The van der Waals surface area contributed by atoms with Crippen molar-refractivity contribution in [3.05, 3.63) is 59.4 Å². The fourth-order valence-corrected chi connectivity index (χ4v) is 3.53.